The summed E-state index contributed by atoms with van der Waals surface area (Å²) in [5.41, 5.74) is 3.17. The molecule has 0 aliphatic carbocycles. The van der Waals surface area contributed by atoms with E-state index in [9.17, 15) is 4.79 Å². The highest BCUT2D eigenvalue weighted by Gasteiger charge is 2.24. The molecule has 1 aliphatic heterocycles. The summed E-state index contributed by atoms with van der Waals surface area (Å²) in [7, 11) is 1.63. The van der Waals surface area contributed by atoms with Crippen LogP contribution < -0.4 is 9.47 Å². The number of carbonyl (C=O) groups is 1. The first-order chi connectivity index (χ1) is 12.6. The second-order valence-electron chi connectivity index (χ2n) is 6.52. The fourth-order valence-electron chi connectivity index (χ4n) is 3.02. The van der Waals surface area contributed by atoms with Crippen molar-refractivity contribution in [1.82, 2.24) is 4.90 Å². The third-order valence-electron chi connectivity index (χ3n) is 4.49. The molecule has 3 rings (SSSR count). The van der Waals surface area contributed by atoms with Crippen LogP contribution in [0.5, 0.6) is 11.5 Å². The van der Waals surface area contributed by atoms with Gasteiger partial charge in [-0.1, -0.05) is 29.8 Å². The van der Waals surface area contributed by atoms with Gasteiger partial charge >= 0.3 is 0 Å². The second-order valence-corrected chi connectivity index (χ2v) is 6.52. The van der Waals surface area contributed by atoms with Crippen LogP contribution in [0.3, 0.4) is 0 Å². The van der Waals surface area contributed by atoms with Gasteiger partial charge in [-0.2, -0.15) is 0 Å². The van der Waals surface area contributed by atoms with Crippen LogP contribution in [-0.4, -0.2) is 37.2 Å². The number of hydrogen-bond donors (Lipinski definition) is 0. The van der Waals surface area contributed by atoms with Gasteiger partial charge in [-0.15, -0.1) is 0 Å². The van der Waals surface area contributed by atoms with Gasteiger partial charge < -0.3 is 19.1 Å². The van der Waals surface area contributed by atoms with Gasteiger partial charge in [-0.25, -0.2) is 0 Å². The predicted octanol–water partition coefficient (Wildman–Crippen LogP) is 3.33. The number of carbonyl (C=O) groups excluding carboxylic acids is 1. The lowest BCUT2D eigenvalue weighted by Gasteiger charge is -2.24. The van der Waals surface area contributed by atoms with Crippen molar-refractivity contribution in [3.63, 3.8) is 0 Å². The molecular formula is C21H25NO4. The van der Waals surface area contributed by atoms with E-state index in [1.807, 2.05) is 48.2 Å². The zero-order chi connectivity index (χ0) is 18.5. The molecule has 0 radical (unpaired) electrons. The number of ether oxygens (including phenoxy) is 3. The average molecular weight is 355 g/mol. The molecule has 0 saturated carbocycles. The van der Waals surface area contributed by atoms with Crippen LogP contribution >= 0.6 is 0 Å². The number of rotatable bonds is 5. The van der Waals surface area contributed by atoms with Crippen molar-refractivity contribution in [2.45, 2.75) is 33.1 Å². The summed E-state index contributed by atoms with van der Waals surface area (Å²) >= 11 is 0. The van der Waals surface area contributed by atoms with E-state index >= 15 is 0 Å². The number of nitrogens with zero attached hydrogens (tertiary/aromatic N) is 1. The summed E-state index contributed by atoms with van der Waals surface area (Å²) in [6.07, 6.45) is -0.521. The first kappa shape index (κ1) is 18.3. The number of fused-ring (bicyclic) bond motifs is 1. The molecule has 5 nitrogen and oxygen atoms in total. The van der Waals surface area contributed by atoms with Crippen molar-refractivity contribution < 1.29 is 19.0 Å². The summed E-state index contributed by atoms with van der Waals surface area (Å²) in [6, 6.07) is 13.7. The van der Waals surface area contributed by atoms with Gasteiger partial charge in [0.05, 0.1) is 20.3 Å². The van der Waals surface area contributed by atoms with Crippen LogP contribution in [-0.2, 0) is 22.7 Å². The highest BCUT2D eigenvalue weighted by molar-refractivity contribution is 5.80. The van der Waals surface area contributed by atoms with E-state index in [0.29, 0.717) is 26.3 Å². The van der Waals surface area contributed by atoms with E-state index in [2.05, 4.69) is 6.07 Å². The van der Waals surface area contributed by atoms with E-state index in [0.717, 1.165) is 28.2 Å². The molecule has 0 aromatic heterocycles. The third kappa shape index (κ3) is 4.35. The second kappa shape index (κ2) is 8.23. The zero-order valence-corrected chi connectivity index (χ0v) is 15.5. The fraction of sp³-hybridized carbons (Fsp3) is 0.381. The molecule has 0 N–H and O–H groups in total. The maximum atomic E-state index is 12.8. The lowest BCUT2D eigenvalue weighted by molar-refractivity contribution is -0.144. The highest BCUT2D eigenvalue weighted by atomic mass is 16.5. The summed E-state index contributed by atoms with van der Waals surface area (Å²) in [5, 5.41) is 0. The smallest absolute Gasteiger partial charge is 0.251 e. The molecule has 0 saturated heterocycles. The van der Waals surface area contributed by atoms with E-state index in [-0.39, 0.29) is 5.91 Å². The summed E-state index contributed by atoms with van der Waals surface area (Å²) in [4.78, 5) is 14.6. The van der Waals surface area contributed by atoms with Gasteiger partial charge in [0.1, 0.15) is 24.2 Å². The Morgan fingerprint density at radius 1 is 1.27 bits per heavy atom. The Morgan fingerprint density at radius 2 is 2.12 bits per heavy atom. The highest BCUT2D eigenvalue weighted by Crippen LogP contribution is 2.24. The van der Waals surface area contributed by atoms with Gasteiger partial charge in [-0.3, -0.25) is 4.79 Å². The van der Waals surface area contributed by atoms with Crippen LogP contribution in [0.1, 0.15) is 23.6 Å². The van der Waals surface area contributed by atoms with Crippen molar-refractivity contribution in [2.24, 2.45) is 0 Å². The van der Waals surface area contributed by atoms with E-state index in [4.69, 9.17) is 14.2 Å². The van der Waals surface area contributed by atoms with Gasteiger partial charge in [0.25, 0.3) is 5.91 Å². The van der Waals surface area contributed by atoms with Gasteiger partial charge in [0.15, 0.2) is 0 Å². The number of amides is 1. The molecular weight excluding hydrogens is 330 g/mol. The number of benzene rings is 2. The van der Waals surface area contributed by atoms with E-state index in [1.165, 1.54) is 0 Å². The van der Waals surface area contributed by atoms with Crippen molar-refractivity contribution in [2.75, 3.05) is 20.3 Å². The van der Waals surface area contributed by atoms with Gasteiger partial charge in [-0.05, 0) is 37.6 Å². The molecule has 1 aliphatic rings. The standard InChI is InChI=1S/C21H25NO4/c1-15-7-8-20-18(11-15)13-22(9-10-25-20)21(23)16(2)26-14-17-5-4-6-19(12-17)24-3/h4-8,11-12,16H,9-10,13-14H2,1-3H3. The van der Waals surface area contributed by atoms with Gasteiger partial charge in [0.2, 0.25) is 0 Å². The SMILES string of the molecule is COc1cccc(COC(C)C(=O)N2CCOc3ccc(C)cc3C2)c1. The number of methoxy groups -OCH3 is 1. The molecule has 1 unspecified atom stereocenters. The van der Waals surface area contributed by atoms with Crippen LogP contribution in [0.15, 0.2) is 42.5 Å². The molecule has 1 atom stereocenters. The monoisotopic (exact) mass is 355 g/mol. The molecule has 2 aromatic carbocycles. The molecule has 5 heteroatoms. The molecule has 0 spiro atoms. The van der Waals surface area contributed by atoms with Crippen molar-refractivity contribution in [3.8, 4) is 11.5 Å². The number of hydrogen-bond acceptors (Lipinski definition) is 4. The summed E-state index contributed by atoms with van der Waals surface area (Å²) in [5.74, 6) is 1.61. The summed E-state index contributed by atoms with van der Waals surface area (Å²) < 4.78 is 16.8. The molecule has 0 bridgehead atoms. The Kier molecular flexibility index (Phi) is 5.78. The van der Waals surface area contributed by atoms with Crippen LogP contribution in [0.25, 0.3) is 0 Å². The average Bonchev–Trinajstić information content (AvgIpc) is 2.87. The Hall–Kier alpha value is -2.53. The van der Waals surface area contributed by atoms with Crippen molar-refractivity contribution in [1.29, 1.82) is 0 Å². The molecule has 2 aromatic rings. The molecule has 1 heterocycles. The van der Waals surface area contributed by atoms with E-state index < -0.39 is 6.10 Å². The minimum absolute atomic E-state index is 0.0224. The predicted molar refractivity (Wildman–Crippen MR) is 99.3 cm³/mol. The Morgan fingerprint density at radius 3 is 2.92 bits per heavy atom. The maximum absolute atomic E-state index is 12.8. The molecule has 138 valence electrons. The molecule has 26 heavy (non-hydrogen) atoms. The fourth-order valence-corrected chi connectivity index (χ4v) is 3.02. The Bertz CT molecular complexity index is 774. The van der Waals surface area contributed by atoms with Crippen LogP contribution in [0, 0.1) is 6.92 Å². The van der Waals surface area contributed by atoms with Crippen LogP contribution in [0.2, 0.25) is 0 Å². The van der Waals surface area contributed by atoms with Crippen molar-refractivity contribution in [3.05, 3.63) is 59.2 Å². The normalized spacial score (nSPS) is 14.8. The number of aryl methyl sites for hydroxylation is 1. The summed E-state index contributed by atoms with van der Waals surface area (Å²) in [6.45, 7) is 5.79. The topological polar surface area (TPSA) is 48.0 Å². The lowest BCUT2D eigenvalue weighted by atomic mass is 10.1. The maximum Gasteiger partial charge on any atom is 0.251 e. The lowest BCUT2D eigenvalue weighted by Crippen LogP contribution is -2.39. The van der Waals surface area contributed by atoms with E-state index in [1.54, 1.807) is 14.0 Å². The Balaban J connectivity index is 1.62. The third-order valence-corrected chi connectivity index (χ3v) is 4.49. The first-order valence-electron chi connectivity index (χ1n) is 8.82. The van der Waals surface area contributed by atoms with Crippen LogP contribution in [0.4, 0.5) is 0 Å². The molecule has 0 fully saturated rings. The Labute approximate surface area is 154 Å². The van der Waals surface area contributed by atoms with Gasteiger partial charge in [0, 0.05) is 12.1 Å². The minimum atomic E-state index is -0.521. The molecule has 1 amide bonds. The quantitative estimate of drug-likeness (QED) is 0.825. The van der Waals surface area contributed by atoms with Crippen molar-refractivity contribution >= 4 is 5.91 Å². The zero-order valence-electron chi connectivity index (χ0n) is 15.5. The minimum Gasteiger partial charge on any atom is -0.497 e. The largest absolute Gasteiger partial charge is 0.497 e. The first-order valence-corrected chi connectivity index (χ1v) is 8.82.